The molecule has 0 aliphatic rings. The van der Waals surface area contributed by atoms with Gasteiger partial charge in [-0.05, 0) is 40.2 Å². The first-order valence-corrected chi connectivity index (χ1v) is 9.17. The molecule has 0 fully saturated rings. The van der Waals surface area contributed by atoms with Gasteiger partial charge in [0, 0.05) is 13.2 Å². The normalized spacial score (nSPS) is 12.5. The van der Waals surface area contributed by atoms with Gasteiger partial charge >= 0.3 is 12.1 Å². The third-order valence-electron chi connectivity index (χ3n) is 3.31. The van der Waals surface area contributed by atoms with Crippen molar-refractivity contribution >= 4 is 12.1 Å². The van der Waals surface area contributed by atoms with E-state index < -0.39 is 30.0 Å². The van der Waals surface area contributed by atoms with Crippen molar-refractivity contribution in [2.45, 2.75) is 65.6 Å². The Morgan fingerprint density at radius 2 is 1.63 bits per heavy atom. The van der Waals surface area contributed by atoms with E-state index in [1.165, 1.54) is 0 Å². The molecule has 1 rings (SSSR count). The van der Waals surface area contributed by atoms with E-state index in [1.54, 1.807) is 20.8 Å². The second kappa shape index (κ2) is 11.6. The molecule has 152 valence electrons. The lowest BCUT2D eigenvalue weighted by molar-refractivity contribution is -0.170. The van der Waals surface area contributed by atoms with Gasteiger partial charge in [0.1, 0.15) is 12.2 Å². The van der Waals surface area contributed by atoms with Crippen LogP contribution in [0.2, 0.25) is 0 Å². The summed E-state index contributed by atoms with van der Waals surface area (Å²) in [7, 11) is 0. The van der Waals surface area contributed by atoms with E-state index in [0.29, 0.717) is 13.2 Å². The third kappa shape index (κ3) is 9.96. The molecule has 0 aliphatic heterocycles. The Morgan fingerprint density at radius 3 is 2.15 bits per heavy atom. The Hall–Kier alpha value is -2.12. The molecular weight excluding hydrogens is 350 g/mol. The summed E-state index contributed by atoms with van der Waals surface area (Å²) in [6, 6.07) is 8.59. The van der Waals surface area contributed by atoms with Crippen LogP contribution in [0.3, 0.4) is 0 Å². The molecule has 0 bridgehead atoms. The first kappa shape index (κ1) is 22.9. The molecule has 0 saturated carbocycles. The van der Waals surface area contributed by atoms with Gasteiger partial charge in [0.2, 0.25) is 0 Å². The van der Waals surface area contributed by atoms with Crippen molar-refractivity contribution in [2.24, 2.45) is 0 Å². The first-order valence-electron chi connectivity index (χ1n) is 9.17. The molecule has 0 aromatic heterocycles. The zero-order valence-electron chi connectivity index (χ0n) is 16.8. The largest absolute Gasteiger partial charge is 0.460 e. The summed E-state index contributed by atoms with van der Waals surface area (Å²) >= 11 is 0. The minimum atomic E-state index is -0.781. The second-order valence-corrected chi connectivity index (χ2v) is 6.88. The predicted molar refractivity (Wildman–Crippen MR) is 101 cm³/mol. The fourth-order valence-electron chi connectivity index (χ4n) is 2.30. The van der Waals surface area contributed by atoms with Crippen LogP contribution in [0.15, 0.2) is 30.3 Å². The molecule has 0 radical (unpaired) electrons. The van der Waals surface area contributed by atoms with E-state index in [2.05, 4.69) is 5.32 Å². The summed E-state index contributed by atoms with van der Waals surface area (Å²) in [5.74, 6) is -0.458. The molecular formula is C20H31NO6. The lowest BCUT2D eigenvalue weighted by Crippen LogP contribution is -2.48. The maximum absolute atomic E-state index is 12.2. The summed E-state index contributed by atoms with van der Waals surface area (Å²) < 4.78 is 21.7. The fourth-order valence-corrected chi connectivity index (χ4v) is 2.30. The lowest BCUT2D eigenvalue weighted by Gasteiger charge is -2.28. The SMILES string of the molecule is CCOC(OCC)C(CC(=O)OC(C)(C)C)NC(=O)OCc1ccccc1. The number of hydrogen-bond acceptors (Lipinski definition) is 6. The number of amides is 1. The van der Waals surface area contributed by atoms with Crippen molar-refractivity contribution in [3.05, 3.63) is 35.9 Å². The average Bonchev–Trinajstić information content (AvgIpc) is 2.58. The number of rotatable bonds is 10. The molecule has 1 atom stereocenters. The zero-order chi connectivity index (χ0) is 20.3. The maximum Gasteiger partial charge on any atom is 0.407 e. The highest BCUT2D eigenvalue weighted by molar-refractivity contribution is 5.73. The number of esters is 1. The molecule has 1 aromatic rings. The minimum Gasteiger partial charge on any atom is -0.460 e. The van der Waals surface area contributed by atoms with Crippen LogP contribution in [0, 0.1) is 0 Å². The fraction of sp³-hybridized carbons (Fsp3) is 0.600. The van der Waals surface area contributed by atoms with Gasteiger partial charge in [-0.2, -0.15) is 0 Å². The van der Waals surface area contributed by atoms with Gasteiger partial charge in [-0.1, -0.05) is 30.3 Å². The number of carbonyl (C=O) groups is 2. The molecule has 7 nitrogen and oxygen atoms in total. The number of nitrogens with one attached hydrogen (secondary N) is 1. The van der Waals surface area contributed by atoms with Crippen LogP contribution in [-0.2, 0) is 30.3 Å². The van der Waals surface area contributed by atoms with Gasteiger partial charge in [-0.3, -0.25) is 4.79 Å². The first-order chi connectivity index (χ1) is 12.7. The summed E-state index contributed by atoms with van der Waals surface area (Å²) in [6.07, 6.45) is -1.53. The van der Waals surface area contributed by atoms with Crippen molar-refractivity contribution in [1.29, 1.82) is 0 Å². The Balaban J connectivity index is 2.73. The van der Waals surface area contributed by atoms with Crippen molar-refractivity contribution in [1.82, 2.24) is 5.32 Å². The molecule has 27 heavy (non-hydrogen) atoms. The van der Waals surface area contributed by atoms with Gasteiger partial charge in [0.15, 0.2) is 6.29 Å². The Morgan fingerprint density at radius 1 is 1.04 bits per heavy atom. The molecule has 0 heterocycles. The van der Waals surface area contributed by atoms with E-state index in [9.17, 15) is 9.59 Å². The van der Waals surface area contributed by atoms with Crippen LogP contribution in [0.5, 0.6) is 0 Å². The molecule has 1 unspecified atom stereocenters. The van der Waals surface area contributed by atoms with Gasteiger partial charge in [0.25, 0.3) is 0 Å². The maximum atomic E-state index is 12.2. The lowest BCUT2D eigenvalue weighted by atomic mass is 10.1. The number of carbonyl (C=O) groups excluding carboxylic acids is 2. The van der Waals surface area contributed by atoms with E-state index in [1.807, 2.05) is 44.2 Å². The standard InChI is InChI=1S/C20H31NO6/c1-6-24-18(25-7-2)16(13-17(22)27-20(3,4)5)21-19(23)26-14-15-11-9-8-10-12-15/h8-12,16,18H,6-7,13-14H2,1-5H3,(H,21,23). The number of hydrogen-bond donors (Lipinski definition) is 1. The Labute approximate surface area is 161 Å². The number of benzene rings is 1. The molecule has 0 saturated heterocycles. The van der Waals surface area contributed by atoms with Crippen molar-refractivity contribution in [3.63, 3.8) is 0 Å². The summed E-state index contributed by atoms with van der Waals surface area (Å²) in [5, 5.41) is 2.66. The Bertz CT molecular complexity index is 564. The van der Waals surface area contributed by atoms with Crippen LogP contribution in [0.25, 0.3) is 0 Å². The highest BCUT2D eigenvalue weighted by Gasteiger charge is 2.29. The molecule has 0 spiro atoms. The Kier molecular flexibility index (Phi) is 9.82. The van der Waals surface area contributed by atoms with E-state index >= 15 is 0 Å². The van der Waals surface area contributed by atoms with Gasteiger partial charge in [0.05, 0.1) is 12.5 Å². The molecule has 0 aliphatic carbocycles. The predicted octanol–water partition coefficient (Wildman–Crippen LogP) is 3.41. The van der Waals surface area contributed by atoms with Crippen LogP contribution in [0.4, 0.5) is 4.79 Å². The molecule has 1 N–H and O–H groups in total. The van der Waals surface area contributed by atoms with Gasteiger partial charge < -0.3 is 24.3 Å². The number of alkyl carbamates (subject to hydrolysis) is 1. The molecule has 1 aromatic carbocycles. The highest BCUT2D eigenvalue weighted by Crippen LogP contribution is 2.13. The van der Waals surface area contributed by atoms with Crippen LogP contribution in [-0.4, -0.2) is 43.2 Å². The monoisotopic (exact) mass is 381 g/mol. The number of ether oxygens (including phenoxy) is 4. The molecule has 7 heteroatoms. The summed E-state index contributed by atoms with van der Waals surface area (Å²) in [6.45, 7) is 9.83. The van der Waals surface area contributed by atoms with Gasteiger partial charge in [-0.15, -0.1) is 0 Å². The van der Waals surface area contributed by atoms with Gasteiger partial charge in [-0.25, -0.2) is 4.79 Å². The topological polar surface area (TPSA) is 83.1 Å². The summed E-state index contributed by atoms with van der Waals surface area (Å²) in [5.41, 5.74) is 0.241. The quantitative estimate of drug-likeness (QED) is 0.494. The molecule has 1 amide bonds. The third-order valence-corrected chi connectivity index (χ3v) is 3.31. The van der Waals surface area contributed by atoms with Crippen molar-refractivity contribution < 1.29 is 28.5 Å². The zero-order valence-corrected chi connectivity index (χ0v) is 16.8. The highest BCUT2D eigenvalue weighted by atomic mass is 16.7. The van der Waals surface area contributed by atoms with E-state index in [0.717, 1.165) is 5.56 Å². The van der Waals surface area contributed by atoms with Crippen molar-refractivity contribution in [3.8, 4) is 0 Å². The smallest absolute Gasteiger partial charge is 0.407 e. The summed E-state index contributed by atoms with van der Waals surface area (Å²) in [4.78, 5) is 24.4. The van der Waals surface area contributed by atoms with E-state index in [-0.39, 0.29) is 13.0 Å². The van der Waals surface area contributed by atoms with Crippen LogP contribution < -0.4 is 5.32 Å². The van der Waals surface area contributed by atoms with Crippen LogP contribution in [0.1, 0.15) is 46.6 Å². The van der Waals surface area contributed by atoms with Crippen LogP contribution >= 0.6 is 0 Å². The van der Waals surface area contributed by atoms with Crippen molar-refractivity contribution in [2.75, 3.05) is 13.2 Å². The second-order valence-electron chi connectivity index (χ2n) is 6.88. The minimum absolute atomic E-state index is 0.0949. The van der Waals surface area contributed by atoms with E-state index in [4.69, 9.17) is 18.9 Å². The average molecular weight is 381 g/mol.